The van der Waals surface area contributed by atoms with Gasteiger partial charge < -0.3 is 10.6 Å². The molecule has 2 unspecified atom stereocenters. The number of rotatable bonds is 4. The van der Waals surface area contributed by atoms with E-state index in [9.17, 15) is 4.79 Å². The molecule has 0 spiro atoms. The van der Waals surface area contributed by atoms with Gasteiger partial charge >= 0.3 is 0 Å². The first-order chi connectivity index (χ1) is 6.91. The molecule has 0 saturated carbocycles. The van der Waals surface area contributed by atoms with Crippen molar-refractivity contribution in [1.29, 1.82) is 0 Å². The Hall–Kier alpha value is -0.570. The lowest BCUT2D eigenvalue weighted by molar-refractivity contribution is -0.128. The standard InChI is InChI=1S/C12H24N2O/c1-8(2)10-5-12(15)14(6-10)7-11(13)9(3)4/h8-11H,5-7,13H2,1-4H3. The molecular weight excluding hydrogens is 188 g/mol. The molecule has 0 aromatic carbocycles. The second kappa shape index (κ2) is 4.97. The Morgan fingerprint density at radius 2 is 2.00 bits per heavy atom. The van der Waals surface area contributed by atoms with Crippen LogP contribution in [-0.2, 0) is 4.79 Å². The Balaban J connectivity index is 2.47. The molecule has 1 aliphatic heterocycles. The lowest BCUT2D eigenvalue weighted by Gasteiger charge is -2.24. The number of carbonyl (C=O) groups is 1. The number of amides is 1. The molecule has 1 aliphatic rings. The number of nitrogens with two attached hydrogens (primary N) is 1. The van der Waals surface area contributed by atoms with Crippen molar-refractivity contribution in [3.8, 4) is 0 Å². The molecule has 1 rings (SSSR count). The minimum atomic E-state index is 0.111. The highest BCUT2D eigenvalue weighted by Crippen LogP contribution is 2.24. The molecule has 2 atom stereocenters. The zero-order chi connectivity index (χ0) is 11.6. The molecule has 3 heteroatoms. The maximum atomic E-state index is 11.7. The molecule has 1 saturated heterocycles. The average molecular weight is 212 g/mol. The lowest BCUT2D eigenvalue weighted by atomic mass is 9.95. The first kappa shape index (κ1) is 12.5. The molecule has 15 heavy (non-hydrogen) atoms. The Labute approximate surface area is 93.0 Å². The number of likely N-dealkylation sites (tertiary alicyclic amines) is 1. The largest absolute Gasteiger partial charge is 0.341 e. The molecule has 0 radical (unpaired) electrons. The van der Waals surface area contributed by atoms with Crippen LogP contribution in [-0.4, -0.2) is 29.9 Å². The molecule has 1 fully saturated rings. The van der Waals surface area contributed by atoms with Crippen molar-refractivity contribution in [2.24, 2.45) is 23.5 Å². The van der Waals surface area contributed by atoms with E-state index in [1.165, 1.54) is 0 Å². The van der Waals surface area contributed by atoms with Gasteiger partial charge in [-0.05, 0) is 17.8 Å². The van der Waals surface area contributed by atoms with Gasteiger partial charge in [0.25, 0.3) is 0 Å². The fraction of sp³-hybridized carbons (Fsp3) is 0.917. The Bertz CT molecular complexity index is 226. The normalized spacial score (nSPS) is 24.3. The summed E-state index contributed by atoms with van der Waals surface area (Å²) < 4.78 is 0. The van der Waals surface area contributed by atoms with Crippen molar-refractivity contribution in [2.75, 3.05) is 13.1 Å². The quantitative estimate of drug-likeness (QED) is 0.767. The maximum Gasteiger partial charge on any atom is 0.222 e. The van der Waals surface area contributed by atoms with Crippen molar-refractivity contribution >= 4 is 5.91 Å². The molecule has 1 heterocycles. The number of hydrogen-bond acceptors (Lipinski definition) is 2. The highest BCUT2D eigenvalue weighted by Gasteiger charge is 2.32. The van der Waals surface area contributed by atoms with E-state index in [-0.39, 0.29) is 11.9 Å². The zero-order valence-corrected chi connectivity index (χ0v) is 10.4. The lowest BCUT2D eigenvalue weighted by Crippen LogP contribution is -2.41. The number of nitrogens with zero attached hydrogens (tertiary/aromatic N) is 1. The van der Waals surface area contributed by atoms with Gasteiger partial charge in [-0.2, -0.15) is 0 Å². The molecular formula is C12H24N2O. The number of carbonyl (C=O) groups excluding carboxylic acids is 1. The van der Waals surface area contributed by atoms with Crippen molar-refractivity contribution < 1.29 is 4.79 Å². The van der Waals surface area contributed by atoms with Gasteiger partial charge in [0, 0.05) is 25.6 Å². The van der Waals surface area contributed by atoms with E-state index < -0.39 is 0 Å². The first-order valence-corrected chi connectivity index (χ1v) is 5.95. The fourth-order valence-electron chi connectivity index (χ4n) is 1.89. The summed E-state index contributed by atoms with van der Waals surface area (Å²) in [6.45, 7) is 10.2. The van der Waals surface area contributed by atoms with E-state index >= 15 is 0 Å². The molecule has 1 amide bonds. The third-order valence-electron chi connectivity index (χ3n) is 3.47. The van der Waals surface area contributed by atoms with Gasteiger partial charge in [0.15, 0.2) is 0 Å². The maximum absolute atomic E-state index is 11.7. The van der Waals surface area contributed by atoms with Crippen LogP contribution in [0, 0.1) is 17.8 Å². The third-order valence-corrected chi connectivity index (χ3v) is 3.47. The molecule has 0 aliphatic carbocycles. The van der Waals surface area contributed by atoms with Gasteiger partial charge in [-0.3, -0.25) is 4.79 Å². The van der Waals surface area contributed by atoms with Crippen LogP contribution in [0.2, 0.25) is 0 Å². The van der Waals surface area contributed by atoms with E-state index in [0.29, 0.717) is 24.2 Å². The number of hydrogen-bond donors (Lipinski definition) is 1. The van der Waals surface area contributed by atoms with Crippen LogP contribution in [0.25, 0.3) is 0 Å². The minimum absolute atomic E-state index is 0.111. The predicted molar refractivity (Wildman–Crippen MR) is 62.3 cm³/mol. The van der Waals surface area contributed by atoms with Crippen LogP contribution in [0.3, 0.4) is 0 Å². The van der Waals surface area contributed by atoms with Gasteiger partial charge in [-0.25, -0.2) is 0 Å². The van der Waals surface area contributed by atoms with Crippen molar-refractivity contribution in [3.63, 3.8) is 0 Å². The van der Waals surface area contributed by atoms with Gasteiger partial charge in [-0.1, -0.05) is 27.7 Å². The molecule has 2 N–H and O–H groups in total. The summed E-state index contributed by atoms with van der Waals surface area (Å²) in [7, 11) is 0. The van der Waals surface area contributed by atoms with Crippen LogP contribution < -0.4 is 5.73 Å². The summed E-state index contributed by atoms with van der Waals surface area (Å²) in [5.41, 5.74) is 5.99. The van der Waals surface area contributed by atoms with Gasteiger partial charge in [-0.15, -0.1) is 0 Å². The first-order valence-electron chi connectivity index (χ1n) is 5.95. The van der Waals surface area contributed by atoms with Crippen LogP contribution in [0.4, 0.5) is 0 Å². The zero-order valence-electron chi connectivity index (χ0n) is 10.4. The second-order valence-corrected chi connectivity index (χ2v) is 5.41. The summed E-state index contributed by atoms with van der Waals surface area (Å²) in [5.74, 6) is 1.84. The Morgan fingerprint density at radius 1 is 1.40 bits per heavy atom. The second-order valence-electron chi connectivity index (χ2n) is 5.41. The molecule has 0 aromatic heterocycles. The van der Waals surface area contributed by atoms with Crippen LogP contribution in [0.15, 0.2) is 0 Å². The average Bonchev–Trinajstić information content (AvgIpc) is 2.47. The van der Waals surface area contributed by atoms with Gasteiger partial charge in [0.2, 0.25) is 5.91 Å². The SMILES string of the molecule is CC(C)C(N)CN1CC(C(C)C)CC1=O. The Morgan fingerprint density at radius 3 is 2.40 bits per heavy atom. The summed E-state index contributed by atoms with van der Waals surface area (Å²) >= 11 is 0. The van der Waals surface area contributed by atoms with Crippen molar-refractivity contribution in [1.82, 2.24) is 4.90 Å². The molecule has 3 nitrogen and oxygen atoms in total. The monoisotopic (exact) mass is 212 g/mol. The highest BCUT2D eigenvalue weighted by atomic mass is 16.2. The van der Waals surface area contributed by atoms with Crippen LogP contribution >= 0.6 is 0 Å². The smallest absolute Gasteiger partial charge is 0.222 e. The third kappa shape index (κ3) is 3.20. The summed E-state index contributed by atoms with van der Waals surface area (Å²) in [4.78, 5) is 13.7. The van der Waals surface area contributed by atoms with E-state index in [2.05, 4.69) is 27.7 Å². The summed E-state index contributed by atoms with van der Waals surface area (Å²) in [6.07, 6.45) is 0.711. The minimum Gasteiger partial charge on any atom is -0.341 e. The molecule has 0 bridgehead atoms. The summed E-state index contributed by atoms with van der Waals surface area (Å²) in [6, 6.07) is 0.111. The van der Waals surface area contributed by atoms with E-state index in [4.69, 9.17) is 5.73 Å². The van der Waals surface area contributed by atoms with Crippen molar-refractivity contribution in [3.05, 3.63) is 0 Å². The fourth-order valence-corrected chi connectivity index (χ4v) is 1.89. The predicted octanol–water partition coefficient (Wildman–Crippen LogP) is 1.47. The van der Waals surface area contributed by atoms with E-state index in [0.717, 1.165) is 13.1 Å². The van der Waals surface area contributed by atoms with Crippen molar-refractivity contribution in [2.45, 2.75) is 40.2 Å². The van der Waals surface area contributed by atoms with E-state index in [1.54, 1.807) is 0 Å². The molecule has 0 aromatic rings. The van der Waals surface area contributed by atoms with Gasteiger partial charge in [0.05, 0.1) is 0 Å². The van der Waals surface area contributed by atoms with Crippen LogP contribution in [0.1, 0.15) is 34.1 Å². The van der Waals surface area contributed by atoms with Gasteiger partial charge in [0.1, 0.15) is 0 Å². The van der Waals surface area contributed by atoms with Crippen LogP contribution in [0.5, 0.6) is 0 Å². The Kier molecular flexibility index (Phi) is 4.14. The molecule has 88 valence electrons. The summed E-state index contributed by atoms with van der Waals surface area (Å²) in [5, 5.41) is 0. The topological polar surface area (TPSA) is 46.3 Å². The highest BCUT2D eigenvalue weighted by molar-refractivity contribution is 5.78. The van der Waals surface area contributed by atoms with E-state index in [1.807, 2.05) is 4.90 Å².